The van der Waals surface area contributed by atoms with Gasteiger partial charge in [0.15, 0.2) is 12.0 Å². The Balaban J connectivity index is 3.33. The summed E-state index contributed by atoms with van der Waals surface area (Å²) in [5.74, 6) is -1.16. The van der Waals surface area contributed by atoms with Crippen molar-refractivity contribution in [3.05, 3.63) is 23.0 Å². The van der Waals surface area contributed by atoms with Gasteiger partial charge >= 0.3 is 6.36 Å². The zero-order chi connectivity index (χ0) is 13.9. The van der Waals surface area contributed by atoms with Crippen LogP contribution in [0.25, 0.3) is 0 Å². The highest BCUT2D eigenvalue weighted by molar-refractivity contribution is 5.74. The molecule has 0 aliphatic heterocycles. The van der Waals surface area contributed by atoms with E-state index in [-0.39, 0.29) is 18.4 Å². The van der Waals surface area contributed by atoms with Crippen molar-refractivity contribution < 1.29 is 31.5 Å². The van der Waals surface area contributed by atoms with Gasteiger partial charge in [0.05, 0.1) is 0 Å². The van der Waals surface area contributed by atoms with Gasteiger partial charge in [0.2, 0.25) is 0 Å². The number of rotatable bonds is 4. The predicted octanol–water partition coefficient (Wildman–Crippen LogP) is 2.19. The minimum atomic E-state index is -5.14. The van der Waals surface area contributed by atoms with Gasteiger partial charge in [-0.2, -0.15) is 0 Å². The molecule has 0 saturated carbocycles. The Kier molecular flexibility index (Phi) is 4.17. The van der Waals surface area contributed by atoms with Crippen LogP contribution in [-0.4, -0.2) is 17.6 Å². The zero-order valence-corrected chi connectivity index (χ0v) is 8.67. The number of nitrogens with zero attached hydrogens (tertiary/aromatic N) is 1. The van der Waals surface area contributed by atoms with E-state index in [2.05, 4.69) is 9.72 Å². The van der Waals surface area contributed by atoms with Crippen LogP contribution in [-0.2, 0) is 6.54 Å². The second-order valence-electron chi connectivity index (χ2n) is 3.09. The van der Waals surface area contributed by atoms with Crippen LogP contribution >= 0.6 is 0 Å². The molecule has 0 aliphatic rings. The minimum Gasteiger partial charge on any atom is -0.404 e. The van der Waals surface area contributed by atoms with E-state index in [0.29, 0.717) is 6.07 Å². The number of hydrogen-bond acceptors (Lipinski definition) is 4. The highest BCUT2D eigenvalue weighted by atomic mass is 19.4. The van der Waals surface area contributed by atoms with E-state index >= 15 is 0 Å². The molecule has 0 radical (unpaired) electrons. The molecule has 4 nitrogen and oxygen atoms in total. The van der Waals surface area contributed by atoms with Crippen molar-refractivity contribution in [3.63, 3.8) is 0 Å². The first-order valence-corrected chi connectivity index (χ1v) is 4.51. The summed E-state index contributed by atoms with van der Waals surface area (Å²) in [6, 6.07) is 0.631. The number of carbonyl (C=O) groups is 1. The normalized spacial score (nSPS) is 11.7. The van der Waals surface area contributed by atoms with Crippen molar-refractivity contribution in [2.24, 2.45) is 5.73 Å². The Morgan fingerprint density at radius 1 is 1.44 bits per heavy atom. The molecule has 1 aromatic heterocycles. The maximum absolute atomic E-state index is 12.5. The molecule has 0 aromatic carbocycles. The third-order valence-corrected chi connectivity index (χ3v) is 1.89. The Labute approximate surface area is 97.6 Å². The fraction of sp³-hybridized carbons (Fsp3) is 0.333. The summed E-state index contributed by atoms with van der Waals surface area (Å²) in [5, 5.41) is 0. The summed E-state index contributed by atoms with van der Waals surface area (Å²) < 4.78 is 64.4. The van der Waals surface area contributed by atoms with Crippen molar-refractivity contribution in [2.45, 2.75) is 19.3 Å². The van der Waals surface area contributed by atoms with Gasteiger partial charge in [0.1, 0.15) is 11.4 Å². The smallest absolute Gasteiger partial charge is 0.404 e. The van der Waals surface area contributed by atoms with Crippen molar-refractivity contribution in [1.82, 2.24) is 4.98 Å². The molecule has 0 atom stereocenters. The topological polar surface area (TPSA) is 65.2 Å². The number of halogens is 5. The average Bonchev–Trinajstić information content (AvgIpc) is 2.25. The molecule has 0 fully saturated rings. The van der Waals surface area contributed by atoms with Crippen LogP contribution < -0.4 is 10.5 Å². The third kappa shape index (κ3) is 3.36. The Bertz CT molecular complexity index is 447. The van der Waals surface area contributed by atoms with E-state index in [9.17, 15) is 26.7 Å². The van der Waals surface area contributed by atoms with Gasteiger partial charge in [0, 0.05) is 6.54 Å². The average molecular weight is 270 g/mol. The van der Waals surface area contributed by atoms with Crippen molar-refractivity contribution in [1.29, 1.82) is 0 Å². The van der Waals surface area contributed by atoms with Crippen LogP contribution in [0, 0.1) is 0 Å². The maximum Gasteiger partial charge on any atom is 0.573 e. The van der Waals surface area contributed by atoms with E-state index in [1.165, 1.54) is 0 Å². The molecule has 1 heterocycles. The number of hydrogen-bond donors (Lipinski definition) is 1. The molecule has 2 N–H and O–H groups in total. The number of carbonyl (C=O) groups excluding carboxylic acids is 1. The fourth-order valence-corrected chi connectivity index (χ4v) is 1.19. The van der Waals surface area contributed by atoms with E-state index in [1.54, 1.807) is 0 Å². The van der Waals surface area contributed by atoms with Crippen LogP contribution in [0.4, 0.5) is 22.0 Å². The van der Waals surface area contributed by atoms with Crippen molar-refractivity contribution >= 4 is 6.29 Å². The summed E-state index contributed by atoms with van der Waals surface area (Å²) >= 11 is 0. The Morgan fingerprint density at radius 2 is 2.06 bits per heavy atom. The molecule has 9 heteroatoms. The van der Waals surface area contributed by atoms with Gasteiger partial charge in [-0.05, 0) is 11.6 Å². The van der Waals surface area contributed by atoms with Crippen LogP contribution in [0.2, 0.25) is 0 Å². The molecule has 0 aliphatic carbocycles. The molecular formula is C9H7F5N2O2. The summed E-state index contributed by atoms with van der Waals surface area (Å²) in [7, 11) is 0. The number of aldehydes is 1. The first-order valence-electron chi connectivity index (χ1n) is 4.51. The standard InChI is InChI=1S/C9H7F5N2O2/c10-8(11)7-6(18-9(12,13)14)1-4(2-15)5(3-17)16-7/h1,3,8H,2,15H2. The van der Waals surface area contributed by atoms with E-state index in [4.69, 9.17) is 5.73 Å². The highest BCUT2D eigenvalue weighted by Crippen LogP contribution is 2.32. The fourth-order valence-electron chi connectivity index (χ4n) is 1.19. The zero-order valence-electron chi connectivity index (χ0n) is 8.67. The molecule has 1 aromatic rings. The van der Waals surface area contributed by atoms with Gasteiger partial charge < -0.3 is 10.5 Å². The van der Waals surface area contributed by atoms with E-state index < -0.39 is 29.9 Å². The quantitative estimate of drug-likeness (QED) is 0.672. The lowest BCUT2D eigenvalue weighted by molar-refractivity contribution is -0.275. The number of nitrogens with two attached hydrogens (primary N) is 1. The van der Waals surface area contributed by atoms with Crippen molar-refractivity contribution in [3.8, 4) is 5.75 Å². The summed E-state index contributed by atoms with van der Waals surface area (Å²) in [5.41, 5.74) is 3.34. The maximum atomic E-state index is 12.5. The molecule has 0 unspecified atom stereocenters. The Morgan fingerprint density at radius 3 is 2.44 bits per heavy atom. The molecule has 0 spiro atoms. The molecule has 0 bridgehead atoms. The molecule has 100 valence electrons. The van der Waals surface area contributed by atoms with Crippen LogP contribution in [0.3, 0.4) is 0 Å². The van der Waals surface area contributed by atoms with Crippen LogP contribution in [0.1, 0.15) is 28.2 Å². The first kappa shape index (κ1) is 14.3. The van der Waals surface area contributed by atoms with Crippen LogP contribution in [0.5, 0.6) is 5.75 Å². The van der Waals surface area contributed by atoms with Crippen molar-refractivity contribution in [2.75, 3.05) is 0 Å². The predicted molar refractivity (Wildman–Crippen MR) is 49.2 cm³/mol. The molecular weight excluding hydrogens is 263 g/mol. The number of pyridine rings is 1. The Hall–Kier alpha value is -1.77. The molecule has 0 amide bonds. The first-order chi connectivity index (χ1) is 8.28. The van der Waals surface area contributed by atoms with Gasteiger partial charge in [-0.15, -0.1) is 13.2 Å². The third-order valence-electron chi connectivity index (χ3n) is 1.89. The molecule has 1 rings (SSSR count). The van der Waals surface area contributed by atoms with Gasteiger partial charge in [-0.3, -0.25) is 4.79 Å². The second kappa shape index (κ2) is 5.25. The van der Waals surface area contributed by atoms with Gasteiger partial charge in [0.25, 0.3) is 6.43 Å². The summed E-state index contributed by atoms with van der Waals surface area (Å²) in [6.45, 7) is -0.335. The van der Waals surface area contributed by atoms with Gasteiger partial charge in [-0.25, -0.2) is 13.8 Å². The molecule has 18 heavy (non-hydrogen) atoms. The number of ether oxygens (including phenoxy) is 1. The minimum absolute atomic E-state index is 0.117. The lowest BCUT2D eigenvalue weighted by Crippen LogP contribution is -2.19. The lowest BCUT2D eigenvalue weighted by atomic mass is 10.1. The van der Waals surface area contributed by atoms with E-state index in [0.717, 1.165) is 0 Å². The SMILES string of the molecule is NCc1cc(OC(F)(F)F)c(C(F)F)nc1C=O. The van der Waals surface area contributed by atoms with Crippen LogP contribution in [0.15, 0.2) is 6.07 Å². The highest BCUT2D eigenvalue weighted by Gasteiger charge is 2.34. The van der Waals surface area contributed by atoms with E-state index in [1.807, 2.05) is 0 Å². The molecule has 0 saturated heterocycles. The monoisotopic (exact) mass is 270 g/mol. The lowest BCUT2D eigenvalue weighted by Gasteiger charge is -2.14. The number of alkyl halides is 5. The van der Waals surface area contributed by atoms with Gasteiger partial charge in [-0.1, -0.05) is 0 Å². The summed E-state index contributed by atoms with van der Waals surface area (Å²) in [6.07, 6.45) is -8.32. The largest absolute Gasteiger partial charge is 0.573 e. The number of aromatic nitrogens is 1. The second-order valence-corrected chi connectivity index (χ2v) is 3.09. The summed E-state index contributed by atoms with van der Waals surface area (Å²) in [4.78, 5) is 13.7.